The minimum atomic E-state index is 0.238. The van der Waals surface area contributed by atoms with Crippen LogP contribution in [0, 0.1) is 0 Å². The largest absolute Gasteiger partial charge is 0.377 e. The molecule has 4 unspecified atom stereocenters. The fourth-order valence-corrected chi connectivity index (χ4v) is 3.00. The Morgan fingerprint density at radius 2 is 2.24 bits per heavy atom. The first-order valence-corrected chi connectivity index (χ1v) is 6.84. The van der Waals surface area contributed by atoms with Crippen molar-refractivity contribution in [2.75, 3.05) is 33.9 Å². The fourth-order valence-electron chi connectivity index (χ4n) is 3.00. The van der Waals surface area contributed by atoms with Crippen LogP contribution < -0.4 is 5.32 Å². The molecule has 1 saturated carbocycles. The molecule has 0 bridgehead atoms. The highest BCUT2D eigenvalue weighted by atomic mass is 16.5. The molecule has 17 heavy (non-hydrogen) atoms. The van der Waals surface area contributed by atoms with Crippen molar-refractivity contribution in [2.24, 2.45) is 0 Å². The van der Waals surface area contributed by atoms with Gasteiger partial charge in [0.25, 0.3) is 0 Å². The molecule has 1 aliphatic heterocycles. The van der Waals surface area contributed by atoms with Crippen LogP contribution in [-0.2, 0) is 9.47 Å². The van der Waals surface area contributed by atoms with Crippen molar-refractivity contribution in [2.45, 2.75) is 50.5 Å². The number of hydrogen-bond acceptors (Lipinski definition) is 4. The quantitative estimate of drug-likeness (QED) is 0.749. The molecule has 2 aliphatic rings. The summed E-state index contributed by atoms with van der Waals surface area (Å²) < 4.78 is 11.1. The van der Waals surface area contributed by atoms with E-state index in [0.29, 0.717) is 18.2 Å². The van der Waals surface area contributed by atoms with Crippen LogP contribution in [0.3, 0.4) is 0 Å². The van der Waals surface area contributed by atoms with Crippen molar-refractivity contribution in [1.82, 2.24) is 10.2 Å². The van der Waals surface area contributed by atoms with Gasteiger partial charge in [0.05, 0.1) is 12.2 Å². The van der Waals surface area contributed by atoms with Gasteiger partial charge in [-0.25, -0.2) is 0 Å². The third kappa shape index (κ3) is 2.99. The standard InChI is InChI=1S/C13H26N2O2/c1-4-17-12-8-11(13(12)16-3)14-9-10-6-5-7-15(10)2/h10-14H,4-9H2,1-3H3. The second-order valence-electron chi connectivity index (χ2n) is 5.22. The molecule has 1 heterocycles. The van der Waals surface area contributed by atoms with Gasteiger partial charge < -0.3 is 19.7 Å². The second-order valence-corrected chi connectivity index (χ2v) is 5.22. The molecule has 0 aromatic carbocycles. The van der Waals surface area contributed by atoms with E-state index in [1.807, 2.05) is 6.92 Å². The van der Waals surface area contributed by atoms with Crippen molar-refractivity contribution in [3.8, 4) is 0 Å². The van der Waals surface area contributed by atoms with Gasteiger partial charge in [0.2, 0.25) is 0 Å². The smallest absolute Gasteiger partial charge is 0.0986 e. The van der Waals surface area contributed by atoms with Crippen molar-refractivity contribution in [3.05, 3.63) is 0 Å². The molecule has 0 amide bonds. The Labute approximate surface area is 105 Å². The van der Waals surface area contributed by atoms with E-state index in [1.165, 1.54) is 19.4 Å². The number of hydrogen-bond donors (Lipinski definition) is 1. The molecule has 1 aliphatic carbocycles. The molecule has 0 aromatic rings. The Bertz CT molecular complexity index is 237. The first-order valence-electron chi connectivity index (χ1n) is 6.84. The van der Waals surface area contributed by atoms with Gasteiger partial charge in [-0.15, -0.1) is 0 Å². The van der Waals surface area contributed by atoms with E-state index in [9.17, 15) is 0 Å². The number of likely N-dealkylation sites (tertiary alicyclic amines) is 1. The molecule has 0 aromatic heterocycles. The number of nitrogens with zero attached hydrogens (tertiary/aromatic N) is 1. The summed E-state index contributed by atoms with van der Waals surface area (Å²) in [4.78, 5) is 2.45. The molecule has 1 N–H and O–H groups in total. The summed E-state index contributed by atoms with van der Waals surface area (Å²) >= 11 is 0. The third-order valence-corrected chi connectivity index (χ3v) is 4.19. The average molecular weight is 242 g/mol. The molecule has 4 atom stereocenters. The molecule has 2 fully saturated rings. The van der Waals surface area contributed by atoms with Crippen LogP contribution in [0.5, 0.6) is 0 Å². The van der Waals surface area contributed by atoms with Crippen molar-refractivity contribution in [1.29, 1.82) is 0 Å². The number of nitrogens with one attached hydrogen (secondary N) is 1. The van der Waals surface area contributed by atoms with E-state index in [4.69, 9.17) is 9.47 Å². The first-order chi connectivity index (χ1) is 8.26. The van der Waals surface area contributed by atoms with E-state index in [-0.39, 0.29) is 6.10 Å². The van der Waals surface area contributed by atoms with E-state index < -0.39 is 0 Å². The molecule has 4 nitrogen and oxygen atoms in total. The lowest BCUT2D eigenvalue weighted by Crippen LogP contribution is -2.61. The predicted octanol–water partition coefficient (Wildman–Crippen LogP) is 0.863. The molecule has 2 rings (SSSR count). The third-order valence-electron chi connectivity index (χ3n) is 4.19. The van der Waals surface area contributed by atoms with Gasteiger partial charge in [0.15, 0.2) is 0 Å². The maximum atomic E-state index is 5.63. The lowest BCUT2D eigenvalue weighted by atomic mass is 9.85. The zero-order chi connectivity index (χ0) is 12.3. The van der Waals surface area contributed by atoms with Gasteiger partial charge in [-0.05, 0) is 39.8 Å². The average Bonchev–Trinajstić information content (AvgIpc) is 2.69. The maximum absolute atomic E-state index is 5.63. The van der Waals surface area contributed by atoms with Crippen molar-refractivity contribution >= 4 is 0 Å². The van der Waals surface area contributed by atoms with Crippen LogP contribution in [0.1, 0.15) is 26.2 Å². The SMILES string of the molecule is CCOC1CC(NCC2CCCN2C)C1OC. The minimum absolute atomic E-state index is 0.238. The van der Waals surface area contributed by atoms with Crippen LogP contribution >= 0.6 is 0 Å². The van der Waals surface area contributed by atoms with Gasteiger partial charge >= 0.3 is 0 Å². The van der Waals surface area contributed by atoms with Crippen molar-refractivity contribution < 1.29 is 9.47 Å². The Morgan fingerprint density at radius 1 is 1.41 bits per heavy atom. The lowest BCUT2D eigenvalue weighted by Gasteiger charge is -2.44. The Hall–Kier alpha value is -0.160. The predicted molar refractivity (Wildman–Crippen MR) is 68.3 cm³/mol. The Kier molecular flexibility index (Phi) is 4.79. The fraction of sp³-hybridized carbons (Fsp3) is 1.00. The maximum Gasteiger partial charge on any atom is 0.0986 e. The number of likely N-dealkylation sites (N-methyl/N-ethyl adjacent to an activating group) is 1. The molecule has 100 valence electrons. The summed E-state index contributed by atoms with van der Waals surface area (Å²) in [5.74, 6) is 0. The number of methoxy groups -OCH3 is 1. The van der Waals surface area contributed by atoms with E-state index in [2.05, 4.69) is 17.3 Å². The minimum Gasteiger partial charge on any atom is -0.377 e. The summed E-state index contributed by atoms with van der Waals surface area (Å²) in [6.07, 6.45) is 4.28. The normalized spacial score (nSPS) is 38.3. The molecular formula is C13H26N2O2. The summed E-state index contributed by atoms with van der Waals surface area (Å²) in [5, 5.41) is 3.63. The highest BCUT2D eigenvalue weighted by molar-refractivity contribution is 4.98. The summed E-state index contributed by atoms with van der Waals surface area (Å²) in [5.41, 5.74) is 0. The monoisotopic (exact) mass is 242 g/mol. The van der Waals surface area contributed by atoms with Gasteiger partial charge in [-0.3, -0.25) is 0 Å². The van der Waals surface area contributed by atoms with Crippen LogP contribution in [0.15, 0.2) is 0 Å². The van der Waals surface area contributed by atoms with E-state index in [0.717, 1.165) is 19.6 Å². The summed E-state index contributed by atoms with van der Waals surface area (Å²) in [7, 11) is 4.00. The van der Waals surface area contributed by atoms with Crippen LogP contribution in [-0.4, -0.2) is 63.0 Å². The molecular weight excluding hydrogens is 216 g/mol. The van der Waals surface area contributed by atoms with E-state index >= 15 is 0 Å². The molecule has 1 saturated heterocycles. The highest BCUT2D eigenvalue weighted by Crippen LogP contribution is 2.27. The lowest BCUT2D eigenvalue weighted by molar-refractivity contribution is -0.131. The van der Waals surface area contributed by atoms with E-state index in [1.54, 1.807) is 7.11 Å². The molecule has 4 heteroatoms. The van der Waals surface area contributed by atoms with Crippen LogP contribution in [0.4, 0.5) is 0 Å². The Balaban J connectivity index is 1.69. The van der Waals surface area contributed by atoms with Gasteiger partial charge in [-0.2, -0.15) is 0 Å². The zero-order valence-electron chi connectivity index (χ0n) is 11.3. The first kappa shape index (κ1) is 13.3. The van der Waals surface area contributed by atoms with Gasteiger partial charge in [0, 0.05) is 32.3 Å². The number of rotatable bonds is 6. The molecule has 0 spiro atoms. The van der Waals surface area contributed by atoms with Gasteiger partial charge in [-0.1, -0.05) is 0 Å². The van der Waals surface area contributed by atoms with Crippen LogP contribution in [0.25, 0.3) is 0 Å². The Morgan fingerprint density at radius 3 is 2.82 bits per heavy atom. The zero-order valence-corrected chi connectivity index (χ0v) is 11.3. The number of ether oxygens (including phenoxy) is 2. The van der Waals surface area contributed by atoms with Crippen LogP contribution in [0.2, 0.25) is 0 Å². The summed E-state index contributed by atoms with van der Waals surface area (Å²) in [6, 6.07) is 1.18. The topological polar surface area (TPSA) is 33.7 Å². The second kappa shape index (κ2) is 6.14. The summed E-state index contributed by atoms with van der Waals surface area (Å²) in [6.45, 7) is 5.15. The van der Waals surface area contributed by atoms with Crippen molar-refractivity contribution in [3.63, 3.8) is 0 Å². The highest BCUT2D eigenvalue weighted by Gasteiger charge is 2.42. The molecule has 0 radical (unpaired) electrons. The van der Waals surface area contributed by atoms with Gasteiger partial charge in [0.1, 0.15) is 0 Å².